The predicted molar refractivity (Wildman–Crippen MR) is 62.8 cm³/mol. The molecule has 0 heterocycles. The van der Waals surface area contributed by atoms with Gasteiger partial charge in [-0.2, -0.15) is 13.2 Å². The van der Waals surface area contributed by atoms with Crippen LogP contribution >= 0.6 is 27.5 Å². The summed E-state index contributed by atoms with van der Waals surface area (Å²) in [4.78, 5) is 0. The Kier molecular flexibility index (Phi) is 4.32. The summed E-state index contributed by atoms with van der Waals surface area (Å²) >= 11 is 8.08. The van der Waals surface area contributed by atoms with Crippen LogP contribution in [0.4, 0.5) is 18.9 Å². The van der Waals surface area contributed by atoms with Crippen LogP contribution in [0.15, 0.2) is 18.2 Å². The maximum absolute atomic E-state index is 12.5. The van der Waals surface area contributed by atoms with Crippen molar-refractivity contribution in [1.82, 2.24) is 0 Å². The first-order valence-corrected chi connectivity index (χ1v) is 7.24. The summed E-state index contributed by atoms with van der Waals surface area (Å²) in [5.41, 5.74) is -1.28. The van der Waals surface area contributed by atoms with E-state index in [0.29, 0.717) is 6.07 Å². The Hall–Kier alpha value is -0.470. The average molecular weight is 353 g/mol. The van der Waals surface area contributed by atoms with Crippen molar-refractivity contribution in [2.75, 3.05) is 9.38 Å². The minimum absolute atomic E-state index is 0.193. The zero-order chi connectivity index (χ0) is 13.3. The minimum Gasteiger partial charge on any atom is -0.283 e. The molecule has 1 N–H and O–H groups in total. The zero-order valence-electron chi connectivity index (χ0n) is 8.05. The molecule has 0 aliphatic rings. The van der Waals surface area contributed by atoms with E-state index in [9.17, 15) is 21.6 Å². The molecule has 0 aliphatic carbocycles. The number of benzene rings is 1. The fraction of sp³-hybridized carbons (Fsp3) is 0.250. The lowest BCUT2D eigenvalue weighted by molar-refractivity contribution is -0.137. The smallest absolute Gasteiger partial charge is 0.283 e. The topological polar surface area (TPSA) is 46.2 Å². The van der Waals surface area contributed by atoms with Crippen LogP contribution in [0.2, 0.25) is 5.02 Å². The monoisotopic (exact) mass is 351 g/mol. The van der Waals surface area contributed by atoms with E-state index in [2.05, 4.69) is 15.9 Å². The Morgan fingerprint density at radius 3 is 2.41 bits per heavy atom. The molecule has 0 aliphatic heterocycles. The molecule has 0 atom stereocenters. The average Bonchev–Trinajstić information content (AvgIpc) is 2.19. The summed E-state index contributed by atoms with van der Waals surface area (Å²) in [6.45, 7) is 0. The fourth-order valence-corrected chi connectivity index (χ4v) is 2.12. The van der Waals surface area contributed by atoms with Crippen LogP contribution in [-0.4, -0.2) is 13.1 Å². The van der Waals surface area contributed by atoms with Gasteiger partial charge in [0.1, 0.15) is 4.66 Å². The van der Waals surface area contributed by atoms with Crippen molar-refractivity contribution in [2.24, 2.45) is 0 Å². The number of rotatable bonds is 3. The second-order valence-corrected chi connectivity index (χ2v) is 6.45. The molecule has 0 unspecified atom stereocenters. The molecule has 1 aromatic rings. The number of sulfonamides is 1. The molecule has 0 aromatic heterocycles. The van der Waals surface area contributed by atoms with Crippen molar-refractivity contribution in [3.63, 3.8) is 0 Å². The first kappa shape index (κ1) is 14.6. The molecule has 3 nitrogen and oxygen atoms in total. The normalized spacial score (nSPS) is 12.5. The van der Waals surface area contributed by atoms with Crippen LogP contribution in [0.3, 0.4) is 0 Å². The number of nitrogens with one attached hydrogen (secondary N) is 1. The zero-order valence-corrected chi connectivity index (χ0v) is 11.2. The van der Waals surface area contributed by atoms with Gasteiger partial charge >= 0.3 is 6.18 Å². The number of halogens is 5. The number of alkyl halides is 4. The van der Waals surface area contributed by atoms with E-state index in [4.69, 9.17) is 11.6 Å². The molecular formula is C8H6BrClF3NO2S. The van der Waals surface area contributed by atoms with E-state index >= 15 is 0 Å². The standard InChI is InChI=1S/C8H6BrClF3NO2S/c9-4-17(15,16)14-5-1-2-7(10)6(3-5)8(11,12)13/h1-3,14H,4H2. The third kappa shape index (κ3) is 4.04. The van der Waals surface area contributed by atoms with Gasteiger partial charge in [0.15, 0.2) is 0 Å². The number of anilines is 1. The minimum atomic E-state index is -4.63. The van der Waals surface area contributed by atoms with Crippen molar-refractivity contribution >= 4 is 43.2 Å². The van der Waals surface area contributed by atoms with Crippen molar-refractivity contribution in [3.05, 3.63) is 28.8 Å². The van der Waals surface area contributed by atoms with Gasteiger partial charge < -0.3 is 0 Å². The van der Waals surface area contributed by atoms with Crippen LogP contribution in [0, 0.1) is 0 Å². The van der Waals surface area contributed by atoms with Gasteiger partial charge in [-0.15, -0.1) is 0 Å². The Balaban J connectivity index is 3.14. The van der Waals surface area contributed by atoms with E-state index < -0.39 is 31.4 Å². The highest BCUT2D eigenvalue weighted by Crippen LogP contribution is 2.36. The highest BCUT2D eigenvalue weighted by Gasteiger charge is 2.33. The van der Waals surface area contributed by atoms with E-state index in [1.54, 1.807) is 0 Å². The Bertz CT molecular complexity index is 518. The lowest BCUT2D eigenvalue weighted by atomic mass is 10.2. The summed E-state index contributed by atoms with van der Waals surface area (Å²) < 4.78 is 61.3. The highest BCUT2D eigenvalue weighted by atomic mass is 79.9. The Morgan fingerprint density at radius 2 is 1.94 bits per heavy atom. The molecule has 9 heteroatoms. The largest absolute Gasteiger partial charge is 0.417 e. The first-order valence-electron chi connectivity index (χ1n) is 4.09. The van der Waals surface area contributed by atoms with E-state index in [1.807, 2.05) is 4.72 Å². The molecule has 17 heavy (non-hydrogen) atoms. The van der Waals surface area contributed by atoms with Crippen molar-refractivity contribution < 1.29 is 21.6 Å². The third-order valence-electron chi connectivity index (χ3n) is 1.69. The molecule has 1 rings (SSSR count). The molecule has 0 saturated carbocycles. The lowest BCUT2D eigenvalue weighted by Crippen LogP contribution is -2.14. The molecule has 1 aromatic carbocycles. The van der Waals surface area contributed by atoms with E-state index in [-0.39, 0.29) is 5.69 Å². The summed E-state index contributed by atoms with van der Waals surface area (Å²) in [5, 5.41) is -0.487. The third-order valence-corrected chi connectivity index (χ3v) is 4.66. The van der Waals surface area contributed by atoms with Crippen LogP contribution in [-0.2, 0) is 16.2 Å². The molecule has 0 amide bonds. The van der Waals surface area contributed by atoms with Crippen LogP contribution in [0.25, 0.3) is 0 Å². The summed E-state index contributed by atoms with van der Waals surface area (Å²) in [6.07, 6.45) is -4.63. The second-order valence-electron chi connectivity index (χ2n) is 3.02. The van der Waals surface area contributed by atoms with E-state index in [1.165, 1.54) is 0 Å². The van der Waals surface area contributed by atoms with Crippen LogP contribution < -0.4 is 4.72 Å². The van der Waals surface area contributed by atoms with E-state index in [0.717, 1.165) is 12.1 Å². The molecule has 0 radical (unpaired) electrons. The SMILES string of the molecule is O=S(=O)(CBr)Nc1ccc(Cl)c(C(F)(F)F)c1. The van der Waals surface area contributed by atoms with Gasteiger partial charge in [0.2, 0.25) is 10.0 Å². The molecule has 0 bridgehead atoms. The van der Waals surface area contributed by atoms with Gasteiger partial charge in [0.25, 0.3) is 0 Å². The lowest BCUT2D eigenvalue weighted by Gasteiger charge is -2.11. The number of hydrogen-bond donors (Lipinski definition) is 1. The molecule has 0 fully saturated rings. The van der Waals surface area contributed by atoms with Crippen LogP contribution in [0.5, 0.6) is 0 Å². The Morgan fingerprint density at radius 1 is 1.35 bits per heavy atom. The summed E-state index contributed by atoms with van der Waals surface area (Å²) in [6, 6.07) is 2.77. The van der Waals surface area contributed by atoms with Crippen molar-refractivity contribution in [2.45, 2.75) is 6.18 Å². The van der Waals surface area contributed by atoms with Gasteiger partial charge in [0.05, 0.1) is 10.6 Å². The highest BCUT2D eigenvalue weighted by molar-refractivity contribution is 9.10. The first-order chi connectivity index (χ1) is 7.65. The fourth-order valence-electron chi connectivity index (χ4n) is 1.01. The maximum atomic E-state index is 12.5. The van der Waals surface area contributed by atoms with Crippen molar-refractivity contribution in [1.29, 1.82) is 0 Å². The van der Waals surface area contributed by atoms with Gasteiger partial charge in [-0.05, 0) is 18.2 Å². The van der Waals surface area contributed by atoms with Crippen molar-refractivity contribution in [3.8, 4) is 0 Å². The predicted octanol–water partition coefficient (Wildman–Crippen LogP) is 3.45. The molecular weight excluding hydrogens is 347 g/mol. The second kappa shape index (κ2) is 5.03. The summed E-state index contributed by atoms with van der Waals surface area (Å²) in [7, 11) is -3.69. The maximum Gasteiger partial charge on any atom is 0.417 e. The number of hydrogen-bond acceptors (Lipinski definition) is 2. The molecule has 96 valence electrons. The Labute approximate surface area is 109 Å². The van der Waals surface area contributed by atoms with Gasteiger partial charge in [-0.25, -0.2) is 8.42 Å². The van der Waals surface area contributed by atoms with Gasteiger partial charge in [0, 0.05) is 5.69 Å². The summed E-state index contributed by atoms with van der Waals surface area (Å²) in [5.74, 6) is 0. The van der Waals surface area contributed by atoms with Gasteiger partial charge in [-0.1, -0.05) is 27.5 Å². The molecule has 0 saturated heterocycles. The quantitative estimate of drug-likeness (QED) is 0.847. The van der Waals surface area contributed by atoms with Crippen LogP contribution in [0.1, 0.15) is 5.56 Å². The van der Waals surface area contributed by atoms with Gasteiger partial charge in [-0.3, -0.25) is 4.72 Å². The molecule has 0 spiro atoms.